The van der Waals surface area contributed by atoms with Crippen LogP contribution in [0.15, 0.2) is 66.7 Å². The van der Waals surface area contributed by atoms with Crippen LogP contribution in [-0.4, -0.2) is 41.8 Å². The van der Waals surface area contributed by atoms with Gasteiger partial charge in [-0.25, -0.2) is 4.79 Å². The van der Waals surface area contributed by atoms with Gasteiger partial charge in [0.05, 0.1) is 12.7 Å². The lowest BCUT2D eigenvalue weighted by molar-refractivity contribution is -0.107. The highest BCUT2D eigenvalue weighted by Crippen LogP contribution is 2.29. The van der Waals surface area contributed by atoms with E-state index in [0.29, 0.717) is 18.9 Å². The fourth-order valence-electron chi connectivity index (χ4n) is 3.92. The molecular formula is C25H27NO5. The fourth-order valence-corrected chi connectivity index (χ4v) is 3.92. The zero-order chi connectivity index (χ0) is 22.1. The van der Waals surface area contributed by atoms with Gasteiger partial charge in [-0.2, -0.15) is 0 Å². The zero-order valence-electron chi connectivity index (χ0n) is 17.2. The molecule has 3 aromatic carbocycles. The maximum atomic E-state index is 10.7. The maximum absolute atomic E-state index is 10.7. The number of hydrogen-bond acceptors (Lipinski definition) is 4. The van der Waals surface area contributed by atoms with Crippen LogP contribution in [0, 0.1) is 0 Å². The summed E-state index contributed by atoms with van der Waals surface area (Å²) in [6, 6.07) is 23.4. The fraction of sp³-hybridized carbons (Fsp3) is 0.280. The molecule has 3 N–H and O–H groups in total. The smallest absolute Gasteiger partial charge is 0.450 e. The Labute approximate surface area is 181 Å². The molecule has 2 unspecified atom stereocenters. The van der Waals surface area contributed by atoms with Crippen LogP contribution in [0.4, 0.5) is 4.79 Å². The quantitative estimate of drug-likeness (QED) is 0.509. The van der Waals surface area contributed by atoms with E-state index in [9.17, 15) is 4.79 Å². The van der Waals surface area contributed by atoms with Crippen LogP contribution in [-0.2, 0) is 22.6 Å². The number of ether oxygens (including phenoxy) is 1. The Hall–Kier alpha value is -3.22. The predicted molar refractivity (Wildman–Crippen MR) is 120 cm³/mol. The largest absolute Gasteiger partial charge is 0.503 e. The number of nitrogens with one attached hydrogen (secondary N) is 1. The number of carbonyl (C=O) groups is 2. The van der Waals surface area contributed by atoms with Crippen LogP contribution in [0.3, 0.4) is 0 Å². The second-order valence-electron chi connectivity index (χ2n) is 7.53. The Morgan fingerprint density at radius 3 is 2.39 bits per heavy atom. The first kappa shape index (κ1) is 22.5. The van der Waals surface area contributed by atoms with Crippen molar-refractivity contribution in [2.75, 3.05) is 13.1 Å². The molecule has 0 spiro atoms. The van der Waals surface area contributed by atoms with E-state index in [1.807, 2.05) is 0 Å². The normalized spacial score (nSPS) is 18.1. The average molecular weight is 421 g/mol. The van der Waals surface area contributed by atoms with Crippen LogP contribution >= 0.6 is 0 Å². The third-order valence-electron chi connectivity index (χ3n) is 5.43. The van der Waals surface area contributed by atoms with E-state index in [0.717, 1.165) is 31.4 Å². The second kappa shape index (κ2) is 11.2. The van der Waals surface area contributed by atoms with Crippen molar-refractivity contribution in [2.24, 2.45) is 0 Å². The molecule has 0 aliphatic carbocycles. The lowest BCUT2D eigenvalue weighted by Gasteiger charge is -2.32. The van der Waals surface area contributed by atoms with Crippen molar-refractivity contribution in [2.45, 2.75) is 31.5 Å². The highest BCUT2D eigenvalue weighted by atomic mass is 16.6. The van der Waals surface area contributed by atoms with Crippen molar-refractivity contribution < 1.29 is 24.5 Å². The van der Waals surface area contributed by atoms with E-state index >= 15 is 0 Å². The van der Waals surface area contributed by atoms with Gasteiger partial charge in [0, 0.05) is 18.9 Å². The number of carbonyl (C=O) groups excluding carboxylic acids is 1. The van der Waals surface area contributed by atoms with Gasteiger partial charge in [-0.1, -0.05) is 60.7 Å². The van der Waals surface area contributed by atoms with Gasteiger partial charge in [0.2, 0.25) is 0 Å². The van der Waals surface area contributed by atoms with Crippen molar-refractivity contribution in [1.29, 1.82) is 0 Å². The highest BCUT2D eigenvalue weighted by molar-refractivity contribution is 5.82. The summed E-state index contributed by atoms with van der Waals surface area (Å²) in [5.74, 6) is 0.386. The molecule has 6 heteroatoms. The minimum atomic E-state index is -1.83. The topological polar surface area (TPSA) is 95.9 Å². The van der Waals surface area contributed by atoms with Gasteiger partial charge < -0.3 is 25.1 Å². The summed E-state index contributed by atoms with van der Waals surface area (Å²) in [5, 5.41) is 19.9. The first-order valence-electron chi connectivity index (χ1n) is 10.3. The SMILES string of the molecule is O=C(O)O.O=CCc1ccc(C2CCNCC2OCc2ccc3ccccc3c2)cc1. The second-order valence-corrected chi connectivity index (χ2v) is 7.53. The first-order chi connectivity index (χ1) is 15.1. The summed E-state index contributed by atoms with van der Waals surface area (Å²) < 4.78 is 6.34. The van der Waals surface area contributed by atoms with Gasteiger partial charge in [-0.05, 0) is 46.5 Å². The van der Waals surface area contributed by atoms with E-state index in [1.54, 1.807) is 0 Å². The summed E-state index contributed by atoms with van der Waals surface area (Å²) in [6.07, 6.45) is 0.820. The van der Waals surface area contributed by atoms with Crippen molar-refractivity contribution in [1.82, 2.24) is 5.32 Å². The van der Waals surface area contributed by atoms with Gasteiger partial charge in [0.1, 0.15) is 6.29 Å². The molecule has 1 heterocycles. The Morgan fingerprint density at radius 2 is 1.68 bits per heavy atom. The molecule has 0 radical (unpaired) electrons. The number of carboxylic acid groups (broad SMARTS) is 2. The molecule has 6 nitrogen and oxygen atoms in total. The number of hydrogen-bond donors (Lipinski definition) is 3. The highest BCUT2D eigenvalue weighted by Gasteiger charge is 2.27. The number of benzene rings is 3. The van der Waals surface area contributed by atoms with E-state index in [-0.39, 0.29) is 6.10 Å². The van der Waals surface area contributed by atoms with Crippen molar-refractivity contribution in [3.8, 4) is 0 Å². The van der Waals surface area contributed by atoms with E-state index in [2.05, 4.69) is 72.0 Å². The van der Waals surface area contributed by atoms with Gasteiger partial charge in [-0.15, -0.1) is 0 Å². The summed E-state index contributed by atoms with van der Waals surface area (Å²) in [7, 11) is 0. The molecule has 0 saturated carbocycles. The molecule has 1 saturated heterocycles. The minimum absolute atomic E-state index is 0.155. The van der Waals surface area contributed by atoms with Gasteiger partial charge in [-0.3, -0.25) is 0 Å². The molecule has 0 aromatic heterocycles. The molecule has 2 atom stereocenters. The lowest BCUT2D eigenvalue weighted by Crippen LogP contribution is -2.40. The Morgan fingerprint density at radius 1 is 1.00 bits per heavy atom. The van der Waals surface area contributed by atoms with Gasteiger partial charge in [0.15, 0.2) is 0 Å². The molecule has 162 valence electrons. The Kier molecular flexibility index (Phi) is 8.15. The summed E-state index contributed by atoms with van der Waals surface area (Å²) in [4.78, 5) is 19.2. The van der Waals surface area contributed by atoms with Crippen LogP contribution in [0.1, 0.15) is 29.0 Å². The number of piperidine rings is 1. The Balaban J connectivity index is 0.000000628. The average Bonchev–Trinajstić information content (AvgIpc) is 2.78. The van der Waals surface area contributed by atoms with E-state index in [1.165, 1.54) is 21.9 Å². The molecule has 31 heavy (non-hydrogen) atoms. The van der Waals surface area contributed by atoms with Crippen molar-refractivity contribution in [3.63, 3.8) is 0 Å². The molecule has 1 fully saturated rings. The minimum Gasteiger partial charge on any atom is -0.450 e. The van der Waals surface area contributed by atoms with Crippen LogP contribution in [0.25, 0.3) is 10.8 Å². The Bertz CT molecular complexity index is 998. The molecule has 4 rings (SSSR count). The molecule has 3 aromatic rings. The summed E-state index contributed by atoms with van der Waals surface area (Å²) in [5.41, 5.74) is 3.57. The van der Waals surface area contributed by atoms with Crippen LogP contribution in [0.2, 0.25) is 0 Å². The van der Waals surface area contributed by atoms with Gasteiger partial charge >= 0.3 is 6.16 Å². The number of rotatable bonds is 6. The van der Waals surface area contributed by atoms with Crippen molar-refractivity contribution >= 4 is 23.2 Å². The maximum Gasteiger partial charge on any atom is 0.503 e. The molecular weight excluding hydrogens is 394 g/mol. The molecule has 1 aliphatic rings. The molecule has 0 amide bonds. The summed E-state index contributed by atoms with van der Waals surface area (Å²) >= 11 is 0. The lowest BCUT2D eigenvalue weighted by atomic mass is 9.87. The monoisotopic (exact) mass is 421 g/mol. The predicted octanol–water partition coefficient (Wildman–Crippen LogP) is 4.47. The number of aldehydes is 1. The first-order valence-corrected chi connectivity index (χ1v) is 10.3. The molecule has 0 bridgehead atoms. The third kappa shape index (κ3) is 6.64. The third-order valence-corrected chi connectivity index (χ3v) is 5.43. The zero-order valence-corrected chi connectivity index (χ0v) is 17.2. The van der Waals surface area contributed by atoms with Crippen LogP contribution in [0.5, 0.6) is 0 Å². The van der Waals surface area contributed by atoms with Crippen LogP contribution < -0.4 is 5.32 Å². The number of fused-ring (bicyclic) bond motifs is 1. The van der Waals surface area contributed by atoms with E-state index < -0.39 is 6.16 Å². The molecule has 1 aliphatic heterocycles. The summed E-state index contributed by atoms with van der Waals surface area (Å²) in [6.45, 7) is 2.50. The van der Waals surface area contributed by atoms with Gasteiger partial charge in [0.25, 0.3) is 0 Å². The van der Waals surface area contributed by atoms with E-state index in [4.69, 9.17) is 19.7 Å². The standard InChI is InChI=1S/C24H25NO2.CH2O3/c26-14-12-18-5-9-21(10-6-18)23-11-13-25-16-24(23)27-17-19-7-8-20-3-1-2-4-22(20)15-19;2-1(3)4/h1-10,14-15,23-25H,11-13,16-17H2;(H2,2,3,4). The van der Waals surface area contributed by atoms with Crippen molar-refractivity contribution in [3.05, 3.63) is 83.4 Å².